The number of benzene rings is 1. The van der Waals surface area contributed by atoms with Gasteiger partial charge in [-0.3, -0.25) is 14.9 Å². The zero-order chi connectivity index (χ0) is 17.8. The maximum Gasteiger partial charge on any atom is 0.267 e. The third kappa shape index (κ3) is 4.04. The fourth-order valence-electron chi connectivity index (χ4n) is 2.12. The van der Waals surface area contributed by atoms with E-state index >= 15 is 0 Å². The molecular weight excluding hydrogens is 358 g/mol. The van der Waals surface area contributed by atoms with Crippen LogP contribution in [0.5, 0.6) is 5.75 Å². The fourth-order valence-corrected chi connectivity index (χ4v) is 3.59. The maximum absolute atomic E-state index is 12.5. The van der Waals surface area contributed by atoms with Gasteiger partial charge in [-0.15, -0.1) is 11.3 Å². The molecule has 2 N–H and O–H groups in total. The second-order valence-corrected chi connectivity index (χ2v) is 7.00. The Morgan fingerprint density at radius 3 is 2.68 bits per heavy atom. The Bertz CT molecular complexity index is 904. The summed E-state index contributed by atoms with van der Waals surface area (Å²) in [5.74, 6) is 0.145. The summed E-state index contributed by atoms with van der Waals surface area (Å²) in [6, 6.07) is 10.6. The molecule has 6 nitrogen and oxygen atoms in total. The lowest BCUT2D eigenvalue weighted by Crippen LogP contribution is -2.11. The van der Waals surface area contributed by atoms with E-state index in [-0.39, 0.29) is 11.8 Å². The zero-order valence-electron chi connectivity index (χ0n) is 13.5. The van der Waals surface area contributed by atoms with Crippen LogP contribution >= 0.6 is 22.7 Å². The van der Waals surface area contributed by atoms with Gasteiger partial charge in [-0.05, 0) is 30.5 Å². The van der Waals surface area contributed by atoms with Crippen LogP contribution in [-0.4, -0.2) is 23.9 Å². The minimum absolute atomic E-state index is 0.233. The molecule has 8 heteroatoms. The normalized spacial score (nSPS) is 10.3. The number of rotatable bonds is 5. The van der Waals surface area contributed by atoms with Crippen LogP contribution in [0.2, 0.25) is 0 Å². The number of nitrogens with one attached hydrogen (secondary N) is 2. The average molecular weight is 373 g/mol. The van der Waals surface area contributed by atoms with Crippen molar-refractivity contribution >= 4 is 45.3 Å². The van der Waals surface area contributed by atoms with E-state index < -0.39 is 0 Å². The van der Waals surface area contributed by atoms with Crippen LogP contribution in [0.4, 0.5) is 10.8 Å². The van der Waals surface area contributed by atoms with Crippen molar-refractivity contribution in [3.05, 3.63) is 57.2 Å². The first-order valence-electron chi connectivity index (χ1n) is 7.34. The highest BCUT2D eigenvalue weighted by Gasteiger charge is 2.17. The minimum Gasteiger partial charge on any atom is -0.497 e. The summed E-state index contributed by atoms with van der Waals surface area (Å²) < 4.78 is 5.14. The Balaban J connectivity index is 1.73. The van der Waals surface area contributed by atoms with Crippen molar-refractivity contribution in [3.8, 4) is 5.75 Å². The Kier molecular flexibility index (Phi) is 5.11. The summed E-state index contributed by atoms with van der Waals surface area (Å²) in [4.78, 5) is 29.9. The van der Waals surface area contributed by atoms with Gasteiger partial charge < -0.3 is 10.1 Å². The number of carbonyl (C=O) groups is 2. The number of thiazole rings is 1. The van der Waals surface area contributed by atoms with E-state index in [1.807, 2.05) is 5.38 Å². The summed E-state index contributed by atoms with van der Waals surface area (Å²) in [5.41, 5.74) is 1.19. The van der Waals surface area contributed by atoms with E-state index in [2.05, 4.69) is 15.6 Å². The molecule has 3 rings (SSSR count). The molecule has 0 saturated carbocycles. The molecule has 0 bridgehead atoms. The first-order chi connectivity index (χ1) is 12.1. The summed E-state index contributed by atoms with van der Waals surface area (Å²) in [5, 5.41) is 7.75. The van der Waals surface area contributed by atoms with Crippen molar-refractivity contribution in [2.75, 3.05) is 17.7 Å². The first-order valence-corrected chi connectivity index (χ1v) is 9.04. The molecule has 25 heavy (non-hydrogen) atoms. The van der Waals surface area contributed by atoms with Crippen LogP contribution < -0.4 is 15.4 Å². The number of carbonyl (C=O) groups excluding carboxylic acids is 2. The van der Waals surface area contributed by atoms with Crippen molar-refractivity contribution in [2.45, 2.75) is 6.92 Å². The molecule has 2 aromatic heterocycles. The van der Waals surface area contributed by atoms with Crippen LogP contribution in [0.25, 0.3) is 0 Å². The molecule has 0 fully saturated rings. The number of nitrogens with zero attached hydrogens (tertiary/aromatic N) is 1. The molecule has 0 radical (unpaired) electrons. The average Bonchev–Trinajstić information content (AvgIpc) is 3.25. The number of thiophene rings is 1. The molecule has 3 aromatic rings. The topological polar surface area (TPSA) is 80.3 Å². The molecule has 0 aliphatic heterocycles. The Morgan fingerprint density at radius 2 is 1.96 bits per heavy atom. The van der Waals surface area contributed by atoms with E-state index in [9.17, 15) is 9.59 Å². The van der Waals surface area contributed by atoms with Crippen LogP contribution in [0.3, 0.4) is 0 Å². The lowest BCUT2D eigenvalue weighted by atomic mass is 10.3. The van der Waals surface area contributed by atoms with Crippen molar-refractivity contribution in [3.63, 3.8) is 0 Å². The fraction of sp³-hybridized carbons (Fsp3) is 0.118. The Labute approximate surface area is 152 Å². The molecule has 0 aliphatic rings. The predicted octanol–water partition coefficient (Wildman–Crippen LogP) is 4.03. The van der Waals surface area contributed by atoms with Gasteiger partial charge in [0, 0.05) is 11.8 Å². The number of amides is 2. The van der Waals surface area contributed by atoms with Gasteiger partial charge in [0.05, 0.1) is 17.7 Å². The minimum atomic E-state index is -0.278. The zero-order valence-corrected chi connectivity index (χ0v) is 15.2. The van der Waals surface area contributed by atoms with Crippen molar-refractivity contribution < 1.29 is 14.3 Å². The second kappa shape index (κ2) is 7.45. The quantitative estimate of drug-likeness (QED) is 0.708. The van der Waals surface area contributed by atoms with Crippen molar-refractivity contribution in [1.82, 2.24) is 4.98 Å². The Hall–Kier alpha value is -2.71. The van der Waals surface area contributed by atoms with Gasteiger partial charge in [-0.25, -0.2) is 4.98 Å². The van der Waals surface area contributed by atoms with Gasteiger partial charge in [-0.2, -0.15) is 0 Å². The van der Waals surface area contributed by atoms with Gasteiger partial charge in [0.25, 0.3) is 11.8 Å². The van der Waals surface area contributed by atoms with Crippen molar-refractivity contribution in [1.29, 1.82) is 0 Å². The van der Waals surface area contributed by atoms with E-state index in [4.69, 9.17) is 4.74 Å². The molecule has 0 spiro atoms. The molecule has 2 amide bonds. The lowest BCUT2D eigenvalue weighted by molar-refractivity contribution is 0.102. The summed E-state index contributed by atoms with van der Waals surface area (Å²) in [7, 11) is 1.57. The van der Waals surface area contributed by atoms with Crippen LogP contribution in [0.15, 0.2) is 41.8 Å². The summed E-state index contributed by atoms with van der Waals surface area (Å²) in [6.45, 7) is 1.73. The molecular formula is C17H15N3O3S2. The van der Waals surface area contributed by atoms with Crippen molar-refractivity contribution in [2.24, 2.45) is 0 Å². The van der Waals surface area contributed by atoms with Gasteiger partial charge in [-0.1, -0.05) is 23.5 Å². The largest absolute Gasteiger partial charge is 0.497 e. The molecule has 0 saturated heterocycles. The van der Waals surface area contributed by atoms with Gasteiger partial charge in [0.1, 0.15) is 10.6 Å². The van der Waals surface area contributed by atoms with Crippen LogP contribution in [0.1, 0.15) is 25.0 Å². The van der Waals surface area contributed by atoms with E-state index in [1.54, 1.807) is 50.4 Å². The first kappa shape index (κ1) is 17.1. The number of aryl methyl sites for hydroxylation is 1. The number of aromatic nitrogens is 1. The highest BCUT2D eigenvalue weighted by atomic mass is 32.1. The molecule has 2 heterocycles. The standard InChI is InChI=1S/C17H15N3O3S2/c1-10-14(16(22)19-11-5-3-6-12(9-11)23-2)25-17(18-10)20-15(21)13-7-4-8-24-13/h3-9H,1-2H3,(H,19,22)(H,18,20,21). The van der Waals surface area contributed by atoms with E-state index in [0.717, 1.165) is 11.3 Å². The Morgan fingerprint density at radius 1 is 1.12 bits per heavy atom. The molecule has 0 atom stereocenters. The number of ether oxygens (including phenoxy) is 1. The predicted molar refractivity (Wildman–Crippen MR) is 100 cm³/mol. The number of hydrogen-bond donors (Lipinski definition) is 2. The number of anilines is 2. The number of hydrogen-bond acceptors (Lipinski definition) is 6. The summed E-state index contributed by atoms with van der Waals surface area (Å²) in [6.07, 6.45) is 0. The van der Waals surface area contributed by atoms with Gasteiger partial charge in [0.2, 0.25) is 0 Å². The number of methoxy groups -OCH3 is 1. The van der Waals surface area contributed by atoms with E-state index in [0.29, 0.717) is 32.0 Å². The highest BCUT2D eigenvalue weighted by Crippen LogP contribution is 2.25. The second-order valence-electron chi connectivity index (χ2n) is 5.05. The molecule has 0 aliphatic carbocycles. The van der Waals surface area contributed by atoms with E-state index in [1.165, 1.54) is 11.3 Å². The third-order valence-corrected chi connectivity index (χ3v) is 5.24. The van der Waals surface area contributed by atoms with Gasteiger partial charge in [0.15, 0.2) is 5.13 Å². The lowest BCUT2D eigenvalue weighted by Gasteiger charge is -2.06. The maximum atomic E-state index is 12.5. The molecule has 0 unspecified atom stereocenters. The molecule has 128 valence electrons. The third-order valence-electron chi connectivity index (χ3n) is 3.30. The van der Waals surface area contributed by atoms with Crippen LogP contribution in [0, 0.1) is 6.92 Å². The van der Waals surface area contributed by atoms with Crippen LogP contribution in [-0.2, 0) is 0 Å². The highest BCUT2D eigenvalue weighted by molar-refractivity contribution is 7.18. The smallest absolute Gasteiger partial charge is 0.267 e. The monoisotopic (exact) mass is 373 g/mol. The summed E-state index contributed by atoms with van der Waals surface area (Å²) >= 11 is 2.49. The molecule has 1 aromatic carbocycles. The van der Waals surface area contributed by atoms with Gasteiger partial charge >= 0.3 is 0 Å². The SMILES string of the molecule is COc1cccc(NC(=O)c2sc(NC(=O)c3cccs3)nc2C)c1.